The first kappa shape index (κ1) is 11.0. The summed E-state index contributed by atoms with van der Waals surface area (Å²) in [5.41, 5.74) is 0.376. The zero-order valence-corrected chi connectivity index (χ0v) is 9.41. The average Bonchev–Trinajstić information content (AvgIpc) is 2.02. The highest BCUT2D eigenvalue weighted by atomic mass is 35.5. The van der Waals surface area contributed by atoms with Gasteiger partial charge in [-0.15, -0.1) is 0 Å². The number of aromatic nitrogens is 2. The summed E-state index contributed by atoms with van der Waals surface area (Å²) in [6.45, 7) is 1.56. The zero-order chi connectivity index (χ0) is 10.0. The van der Waals surface area contributed by atoms with Crippen LogP contribution in [0.5, 0.6) is 0 Å². The molecule has 1 aromatic heterocycles. The average molecular weight is 239 g/mol. The smallest absolute Gasteiger partial charge is 0.190 e. The molecule has 0 radical (unpaired) electrons. The quantitative estimate of drug-likeness (QED) is 0.489. The summed E-state index contributed by atoms with van der Waals surface area (Å²) in [4.78, 5) is 7.89. The van der Waals surface area contributed by atoms with Crippen LogP contribution in [0.2, 0.25) is 10.3 Å². The Balaban J connectivity index is 3.23. The minimum Gasteiger partial charge on any atom is -0.388 e. The Kier molecular flexibility index (Phi) is 3.79. The lowest BCUT2D eigenvalue weighted by Gasteiger charge is -2.08. The van der Waals surface area contributed by atoms with Crippen LogP contribution in [0, 0.1) is 0 Å². The Bertz CT molecular complexity index is 296. The van der Waals surface area contributed by atoms with Gasteiger partial charge < -0.3 is 5.11 Å². The fourth-order valence-corrected chi connectivity index (χ4v) is 2.00. The molecule has 0 spiro atoms. The maximum atomic E-state index is 9.29. The molecule has 0 saturated carbocycles. The molecule has 1 rings (SSSR count). The van der Waals surface area contributed by atoms with Gasteiger partial charge in [0.1, 0.15) is 10.3 Å². The van der Waals surface area contributed by atoms with E-state index in [4.69, 9.17) is 23.2 Å². The van der Waals surface area contributed by atoms with E-state index in [2.05, 4.69) is 9.97 Å². The third kappa shape index (κ3) is 2.47. The van der Waals surface area contributed by atoms with Crippen LogP contribution in [0.15, 0.2) is 5.16 Å². The Morgan fingerprint density at radius 3 is 2.08 bits per heavy atom. The van der Waals surface area contributed by atoms with Crippen molar-refractivity contribution in [2.45, 2.75) is 18.2 Å². The topological polar surface area (TPSA) is 46.0 Å². The normalized spacial score (nSPS) is 13.0. The second-order valence-corrected chi connectivity index (χ2v) is 3.87. The third-order valence-electron chi connectivity index (χ3n) is 1.43. The van der Waals surface area contributed by atoms with Crippen molar-refractivity contribution in [2.75, 3.05) is 6.26 Å². The van der Waals surface area contributed by atoms with Crippen molar-refractivity contribution in [3.63, 3.8) is 0 Å². The molecule has 13 heavy (non-hydrogen) atoms. The molecule has 1 unspecified atom stereocenters. The first-order chi connectivity index (χ1) is 6.06. The third-order valence-corrected chi connectivity index (χ3v) is 2.56. The van der Waals surface area contributed by atoms with E-state index in [0.717, 1.165) is 0 Å². The van der Waals surface area contributed by atoms with Gasteiger partial charge >= 0.3 is 0 Å². The highest BCUT2D eigenvalue weighted by Crippen LogP contribution is 2.28. The van der Waals surface area contributed by atoms with Crippen molar-refractivity contribution in [2.24, 2.45) is 0 Å². The Labute approximate surface area is 90.5 Å². The maximum absolute atomic E-state index is 9.29. The van der Waals surface area contributed by atoms with Crippen LogP contribution in [0.1, 0.15) is 18.6 Å². The fourth-order valence-electron chi connectivity index (χ4n) is 0.835. The maximum Gasteiger partial charge on any atom is 0.190 e. The first-order valence-corrected chi connectivity index (χ1v) is 5.49. The van der Waals surface area contributed by atoms with E-state index < -0.39 is 6.10 Å². The monoisotopic (exact) mass is 238 g/mol. The second kappa shape index (κ2) is 4.46. The van der Waals surface area contributed by atoms with Crippen molar-refractivity contribution >= 4 is 35.0 Å². The number of thioether (sulfide) groups is 1. The molecule has 0 fully saturated rings. The van der Waals surface area contributed by atoms with Crippen molar-refractivity contribution < 1.29 is 5.11 Å². The Morgan fingerprint density at radius 2 is 1.77 bits per heavy atom. The molecule has 1 aromatic rings. The van der Waals surface area contributed by atoms with E-state index in [1.807, 2.05) is 6.26 Å². The lowest BCUT2D eigenvalue weighted by molar-refractivity contribution is 0.198. The Hall–Kier alpha value is -0.0300. The molecule has 1 atom stereocenters. The van der Waals surface area contributed by atoms with Crippen LogP contribution in [0.3, 0.4) is 0 Å². The summed E-state index contributed by atoms with van der Waals surface area (Å²) in [6, 6.07) is 0. The largest absolute Gasteiger partial charge is 0.388 e. The molecular weight excluding hydrogens is 231 g/mol. The molecule has 1 N–H and O–H groups in total. The molecule has 0 aliphatic heterocycles. The highest BCUT2D eigenvalue weighted by Gasteiger charge is 2.15. The van der Waals surface area contributed by atoms with Crippen LogP contribution in [-0.2, 0) is 0 Å². The van der Waals surface area contributed by atoms with Gasteiger partial charge in [-0.25, -0.2) is 9.97 Å². The summed E-state index contributed by atoms with van der Waals surface area (Å²) < 4.78 is 0. The van der Waals surface area contributed by atoms with Crippen molar-refractivity contribution in [3.8, 4) is 0 Å². The molecule has 0 aliphatic carbocycles. The van der Waals surface area contributed by atoms with Gasteiger partial charge in [-0.2, -0.15) is 0 Å². The molecular formula is C7H8Cl2N2OS. The lowest BCUT2D eigenvalue weighted by Crippen LogP contribution is -1.99. The number of halogens is 2. The molecule has 0 saturated heterocycles. The zero-order valence-electron chi connectivity index (χ0n) is 7.08. The summed E-state index contributed by atoms with van der Waals surface area (Å²) in [7, 11) is 0. The van der Waals surface area contributed by atoms with Crippen LogP contribution in [0.25, 0.3) is 0 Å². The van der Waals surface area contributed by atoms with Crippen molar-refractivity contribution in [1.82, 2.24) is 9.97 Å². The van der Waals surface area contributed by atoms with Crippen LogP contribution in [-0.4, -0.2) is 21.3 Å². The number of hydrogen-bond donors (Lipinski definition) is 1. The highest BCUT2D eigenvalue weighted by molar-refractivity contribution is 7.98. The van der Waals surface area contributed by atoms with Gasteiger partial charge in [-0.3, -0.25) is 0 Å². The summed E-state index contributed by atoms with van der Waals surface area (Å²) in [5.74, 6) is 0. The minimum atomic E-state index is -0.754. The minimum absolute atomic E-state index is 0.208. The number of hydrogen-bond acceptors (Lipinski definition) is 4. The Morgan fingerprint density at radius 1 is 1.31 bits per heavy atom. The summed E-state index contributed by atoms with van der Waals surface area (Å²) in [6.07, 6.45) is 1.07. The number of nitrogens with zero attached hydrogens (tertiary/aromatic N) is 2. The van der Waals surface area contributed by atoms with E-state index in [0.29, 0.717) is 10.7 Å². The molecule has 72 valence electrons. The number of rotatable bonds is 2. The fraction of sp³-hybridized carbons (Fsp3) is 0.429. The lowest BCUT2D eigenvalue weighted by atomic mass is 10.2. The van der Waals surface area contributed by atoms with E-state index in [-0.39, 0.29) is 10.3 Å². The predicted octanol–water partition coefficient (Wildman–Crippen LogP) is 2.56. The van der Waals surface area contributed by atoms with Gasteiger partial charge in [0.25, 0.3) is 0 Å². The molecule has 0 bridgehead atoms. The van der Waals surface area contributed by atoms with Gasteiger partial charge in [0, 0.05) is 0 Å². The summed E-state index contributed by atoms with van der Waals surface area (Å²) >= 11 is 12.9. The SMILES string of the molecule is CSc1nc(Cl)c(C(C)O)c(Cl)n1. The van der Waals surface area contributed by atoms with E-state index in [9.17, 15) is 5.11 Å². The molecule has 0 amide bonds. The van der Waals surface area contributed by atoms with Gasteiger partial charge in [-0.1, -0.05) is 35.0 Å². The van der Waals surface area contributed by atoms with E-state index in [1.54, 1.807) is 6.92 Å². The van der Waals surface area contributed by atoms with E-state index in [1.165, 1.54) is 11.8 Å². The standard InChI is InChI=1S/C7H8Cl2N2OS/c1-3(12)4-5(8)10-7(13-2)11-6(4)9/h3,12H,1-2H3. The predicted molar refractivity (Wildman–Crippen MR) is 54.5 cm³/mol. The van der Waals surface area contributed by atoms with Crippen molar-refractivity contribution in [3.05, 3.63) is 15.9 Å². The van der Waals surface area contributed by atoms with Gasteiger partial charge in [0.2, 0.25) is 0 Å². The van der Waals surface area contributed by atoms with E-state index >= 15 is 0 Å². The molecule has 1 heterocycles. The number of aliphatic hydroxyl groups is 1. The van der Waals surface area contributed by atoms with Crippen LogP contribution >= 0.6 is 35.0 Å². The molecule has 3 nitrogen and oxygen atoms in total. The van der Waals surface area contributed by atoms with Gasteiger partial charge in [0.15, 0.2) is 5.16 Å². The van der Waals surface area contributed by atoms with Crippen molar-refractivity contribution in [1.29, 1.82) is 0 Å². The molecule has 0 aliphatic rings. The number of aliphatic hydroxyl groups excluding tert-OH is 1. The van der Waals surface area contributed by atoms with Crippen LogP contribution in [0.4, 0.5) is 0 Å². The second-order valence-electron chi connectivity index (χ2n) is 2.38. The first-order valence-electron chi connectivity index (χ1n) is 3.51. The van der Waals surface area contributed by atoms with Gasteiger partial charge in [-0.05, 0) is 13.2 Å². The summed E-state index contributed by atoms with van der Waals surface area (Å²) in [5, 5.41) is 10.2. The molecule has 6 heteroatoms. The van der Waals surface area contributed by atoms with Gasteiger partial charge in [0.05, 0.1) is 11.7 Å². The van der Waals surface area contributed by atoms with Crippen LogP contribution < -0.4 is 0 Å². The molecule has 0 aromatic carbocycles.